The van der Waals surface area contributed by atoms with Crippen LogP contribution in [0.4, 0.5) is 18.9 Å². The molecule has 0 aromatic heterocycles. The molecule has 1 rings (SSSR count). The van der Waals surface area contributed by atoms with Crippen molar-refractivity contribution in [3.8, 4) is 0 Å². The zero-order valence-corrected chi connectivity index (χ0v) is 9.62. The molecule has 0 aliphatic heterocycles. The number of hydrogen-bond acceptors (Lipinski definition) is 3. The first-order valence-electron chi connectivity index (χ1n) is 5.07. The van der Waals surface area contributed by atoms with Gasteiger partial charge in [0.05, 0.1) is 12.2 Å². The first kappa shape index (κ1) is 14.5. The van der Waals surface area contributed by atoms with E-state index in [1.807, 2.05) is 0 Å². The van der Waals surface area contributed by atoms with Crippen LogP contribution in [0.3, 0.4) is 0 Å². The van der Waals surface area contributed by atoms with Crippen LogP contribution in [0.2, 0.25) is 0 Å². The predicted molar refractivity (Wildman–Crippen MR) is 59.9 cm³/mol. The molecule has 0 saturated heterocycles. The second kappa shape index (κ2) is 5.83. The van der Waals surface area contributed by atoms with Crippen molar-refractivity contribution >= 4 is 11.6 Å². The minimum absolute atomic E-state index is 0.0342. The van der Waals surface area contributed by atoms with Gasteiger partial charge in [0.15, 0.2) is 0 Å². The first-order valence-corrected chi connectivity index (χ1v) is 5.07. The molecule has 1 amide bonds. The molecular formula is C11H13F3N2O2. The van der Waals surface area contributed by atoms with Crippen molar-refractivity contribution in [3.63, 3.8) is 0 Å². The molecule has 0 saturated carbocycles. The number of alkyl halides is 3. The first-order chi connectivity index (χ1) is 8.34. The van der Waals surface area contributed by atoms with E-state index in [9.17, 15) is 18.0 Å². The van der Waals surface area contributed by atoms with E-state index in [1.54, 1.807) is 0 Å². The highest BCUT2D eigenvalue weighted by atomic mass is 19.4. The van der Waals surface area contributed by atoms with E-state index in [0.29, 0.717) is 0 Å². The molecule has 1 unspecified atom stereocenters. The van der Waals surface area contributed by atoms with Crippen molar-refractivity contribution in [3.05, 3.63) is 29.8 Å². The molecule has 0 radical (unpaired) electrons. The van der Waals surface area contributed by atoms with Crippen LogP contribution >= 0.6 is 0 Å². The van der Waals surface area contributed by atoms with Crippen LogP contribution in [0, 0.1) is 0 Å². The van der Waals surface area contributed by atoms with Gasteiger partial charge in [0, 0.05) is 12.8 Å². The maximum atomic E-state index is 12.3. The summed E-state index contributed by atoms with van der Waals surface area (Å²) in [7, 11) is 1.39. The highest BCUT2D eigenvalue weighted by molar-refractivity contribution is 5.94. The van der Waals surface area contributed by atoms with Gasteiger partial charge < -0.3 is 15.8 Å². The van der Waals surface area contributed by atoms with Crippen LogP contribution in [0.1, 0.15) is 5.56 Å². The largest absolute Gasteiger partial charge is 0.416 e. The lowest BCUT2D eigenvalue weighted by atomic mass is 10.2. The number of benzene rings is 1. The van der Waals surface area contributed by atoms with E-state index in [-0.39, 0.29) is 12.3 Å². The maximum absolute atomic E-state index is 12.3. The van der Waals surface area contributed by atoms with Crippen molar-refractivity contribution in [2.75, 3.05) is 19.0 Å². The molecular weight excluding hydrogens is 249 g/mol. The number of rotatable bonds is 4. The smallest absolute Gasteiger partial charge is 0.383 e. The van der Waals surface area contributed by atoms with Gasteiger partial charge in [-0.25, -0.2) is 0 Å². The number of hydrogen-bond donors (Lipinski definition) is 2. The number of carbonyl (C=O) groups excluding carboxylic acids is 1. The molecule has 3 N–H and O–H groups in total. The molecule has 0 aliphatic rings. The molecule has 0 aliphatic carbocycles. The number of amides is 1. The molecule has 1 aromatic rings. The van der Waals surface area contributed by atoms with Gasteiger partial charge in [-0.1, -0.05) is 0 Å². The van der Waals surface area contributed by atoms with Crippen LogP contribution < -0.4 is 11.1 Å². The van der Waals surface area contributed by atoms with Crippen LogP contribution in [-0.4, -0.2) is 25.7 Å². The number of methoxy groups -OCH3 is 1. The van der Waals surface area contributed by atoms with Gasteiger partial charge >= 0.3 is 6.18 Å². The van der Waals surface area contributed by atoms with Crippen molar-refractivity contribution in [2.24, 2.45) is 5.73 Å². The summed E-state index contributed by atoms with van der Waals surface area (Å²) in [6, 6.07) is 3.24. The van der Waals surface area contributed by atoms with Crippen LogP contribution in [0.25, 0.3) is 0 Å². The number of nitrogens with one attached hydrogen (secondary N) is 1. The Kier molecular flexibility index (Phi) is 4.69. The van der Waals surface area contributed by atoms with Crippen molar-refractivity contribution in [1.82, 2.24) is 0 Å². The predicted octanol–water partition coefficient (Wildman–Crippen LogP) is 1.62. The Morgan fingerprint density at radius 1 is 1.39 bits per heavy atom. The number of ether oxygens (including phenoxy) is 1. The number of anilines is 1. The Morgan fingerprint density at radius 2 is 1.94 bits per heavy atom. The standard InChI is InChI=1S/C11H13F3N2O2/c1-18-6-9(15)10(17)16-8-4-2-7(3-5-8)11(12,13)14/h2-5,9H,6,15H2,1H3,(H,16,17). The lowest BCUT2D eigenvalue weighted by Gasteiger charge is -2.12. The molecule has 100 valence electrons. The number of carbonyl (C=O) groups is 1. The quantitative estimate of drug-likeness (QED) is 0.866. The van der Waals surface area contributed by atoms with Crippen LogP contribution in [-0.2, 0) is 15.7 Å². The Morgan fingerprint density at radius 3 is 2.39 bits per heavy atom. The summed E-state index contributed by atoms with van der Waals surface area (Å²) in [5.74, 6) is -0.517. The molecule has 4 nitrogen and oxygen atoms in total. The van der Waals surface area contributed by atoms with Crippen molar-refractivity contribution in [2.45, 2.75) is 12.2 Å². The van der Waals surface area contributed by atoms with E-state index in [4.69, 9.17) is 10.5 Å². The normalized spacial score (nSPS) is 13.2. The van der Waals surface area contributed by atoms with Crippen LogP contribution in [0.15, 0.2) is 24.3 Å². The molecule has 0 spiro atoms. The fourth-order valence-corrected chi connectivity index (χ4v) is 1.23. The van der Waals surface area contributed by atoms with Gasteiger partial charge in [0.1, 0.15) is 6.04 Å². The minimum atomic E-state index is -4.39. The average Bonchev–Trinajstić information content (AvgIpc) is 2.28. The number of nitrogens with two attached hydrogens (primary N) is 1. The zero-order valence-electron chi connectivity index (χ0n) is 9.62. The summed E-state index contributed by atoms with van der Waals surface area (Å²) in [4.78, 5) is 11.4. The Balaban J connectivity index is 2.67. The monoisotopic (exact) mass is 262 g/mol. The third kappa shape index (κ3) is 4.01. The lowest BCUT2D eigenvalue weighted by Crippen LogP contribution is -2.39. The van der Waals surface area contributed by atoms with E-state index in [0.717, 1.165) is 12.1 Å². The van der Waals surface area contributed by atoms with E-state index >= 15 is 0 Å². The van der Waals surface area contributed by atoms with Gasteiger partial charge in [-0.05, 0) is 24.3 Å². The van der Waals surface area contributed by atoms with Crippen molar-refractivity contribution < 1.29 is 22.7 Å². The molecule has 0 fully saturated rings. The summed E-state index contributed by atoms with van der Waals surface area (Å²) >= 11 is 0. The second-order valence-corrected chi connectivity index (χ2v) is 3.63. The Bertz CT molecular complexity index is 404. The van der Waals surface area contributed by atoms with E-state index < -0.39 is 23.7 Å². The summed E-state index contributed by atoms with van der Waals surface area (Å²) in [6.07, 6.45) is -4.39. The molecule has 1 aromatic carbocycles. The van der Waals surface area contributed by atoms with E-state index in [2.05, 4.69) is 5.32 Å². The fraction of sp³-hybridized carbons (Fsp3) is 0.364. The molecule has 0 bridgehead atoms. The maximum Gasteiger partial charge on any atom is 0.416 e. The molecule has 18 heavy (non-hydrogen) atoms. The topological polar surface area (TPSA) is 64.3 Å². The lowest BCUT2D eigenvalue weighted by molar-refractivity contribution is -0.137. The number of halogens is 3. The third-order valence-electron chi connectivity index (χ3n) is 2.16. The third-order valence-corrected chi connectivity index (χ3v) is 2.16. The summed E-state index contributed by atoms with van der Waals surface area (Å²) in [5.41, 5.74) is 4.93. The Hall–Kier alpha value is -1.60. The second-order valence-electron chi connectivity index (χ2n) is 3.63. The summed E-state index contributed by atoms with van der Waals surface area (Å²) in [5, 5.41) is 2.39. The van der Waals surface area contributed by atoms with Gasteiger partial charge in [0.25, 0.3) is 0 Å². The van der Waals surface area contributed by atoms with Crippen molar-refractivity contribution in [1.29, 1.82) is 0 Å². The van der Waals surface area contributed by atoms with Crippen LogP contribution in [0.5, 0.6) is 0 Å². The highest BCUT2D eigenvalue weighted by Gasteiger charge is 2.30. The summed E-state index contributed by atoms with van der Waals surface area (Å²) in [6.45, 7) is 0.0342. The highest BCUT2D eigenvalue weighted by Crippen LogP contribution is 2.29. The Labute approximate surface area is 102 Å². The summed E-state index contributed by atoms with van der Waals surface area (Å²) < 4.78 is 41.6. The average molecular weight is 262 g/mol. The van der Waals surface area contributed by atoms with E-state index in [1.165, 1.54) is 19.2 Å². The SMILES string of the molecule is COCC(N)C(=O)Nc1ccc(C(F)(F)F)cc1. The fourth-order valence-electron chi connectivity index (χ4n) is 1.23. The molecule has 1 atom stereocenters. The molecule has 7 heteroatoms. The minimum Gasteiger partial charge on any atom is -0.383 e. The van der Waals surface area contributed by atoms with Gasteiger partial charge in [-0.15, -0.1) is 0 Å². The van der Waals surface area contributed by atoms with Gasteiger partial charge in [-0.2, -0.15) is 13.2 Å². The zero-order chi connectivity index (χ0) is 13.8. The van der Waals surface area contributed by atoms with Gasteiger partial charge in [-0.3, -0.25) is 4.79 Å². The van der Waals surface area contributed by atoms with Gasteiger partial charge in [0.2, 0.25) is 5.91 Å². The molecule has 0 heterocycles.